The number of hydrogen-bond acceptors (Lipinski definition) is 1. The Hall–Kier alpha value is -1.08. The monoisotopic (exact) mass is 247 g/mol. The molecule has 0 aliphatic rings. The highest BCUT2D eigenvalue weighted by Gasteiger charge is 1.96. The molecule has 0 aromatic carbocycles. The minimum absolute atomic E-state index is 0.398. The molecule has 0 amide bonds. The topological polar surface area (TPSA) is 12.0 Å². The third-order valence-electron chi connectivity index (χ3n) is 2.95. The van der Waals surface area contributed by atoms with Gasteiger partial charge in [-0.1, -0.05) is 61.4 Å². The van der Waals surface area contributed by atoms with Crippen molar-refractivity contribution >= 4 is 0 Å². The minimum Gasteiger partial charge on any atom is -0.307 e. The van der Waals surface area contributed by atoms with Gasteiger partial charge in [-0.05, 0) is 33.6 Å². The van der Waals surface area contributed by atoms with Crippen LogP contribution in [-0.2, 0) is 0 Å². The Kier molecular flexibility index (Phi) is 9.31. The molecule has 1 N–H and O–H groups in total. The third-order valence-corrected chi connectivity index (χ3v) is 2.95. The molecule has 1 atom stereocenters. The van der Waals surface area contributed by atoms with Crippen LogP contribution in [-0.4, -0.2) is 12.6 Å². The van der Waals surface area contributed by atoms with Crippen LogP contribution in [0.4, 0.5) is 0 Å². The first-order chi connectivity index (χ1) is 8.47. The molecule has 0 saturated carbocycles. The van der Waals surface area contributed by atoms with Gasteiger partial charge in [0.15, 0.2) is 0 Å². The molecule has 0 aromatic heterocycles. The van der Waals surface area contributed by atoms with E-state index in [1.54, 1.807) is 0 Å². The van der Waals surface area contributed by atoms with E-state index in [0.29, 0.717) is 12.0 Å². The van der Waals surface area contributed by atoms with Crippen LogP contribution in [0.2, 0.25) is 0 Å². The second-order valence-corrected chi connectivity index (χ2v) is 5.16. The molecule has 0 fully saturated rings. The van der Waals surface area contributed by atoms with E-state index in [4.69, 9.17) is 0 Å². The van der Waals surface area contributed by atoms with Gasteiger partial charge in [0.1, 0.15) is 0 Å². The fourth-order valence-corrected chi connectivity index (χ4v) is 1.28. The zero-order valence-corrected chi connectivity index (χ0v) is 12.8. The maximum absolute atomic E-state index is 3.48. The fraction of sp³-hybridized carbons (Fsp3) is 0.529. The molecule has 102 valence electrons. The summed E-state index contributed by atoms with van der Waals surface area (Å²) in [5, 5.41) is 3.48. The Labute approximate surface area is 113 Å². The number of nitrogens with one attached hydrogen (secondary N) is 1. The van der Waals surface area contributed by atoms with Crippen molar-refractivity contribution in [3.05, 3.63) is 47.6 Å². The summed E-state index contributed by atoms with van der Waals surface area (Å²) in [5.41, 5.74) is 2.77. The molecule has 0 aromatic rings. The fourth-order valence-electron chi connectivity index (χ4n) is 1.28. The summed E-state index contributed by atoms with van der Waals surface area (Å²) in [7, 11) is 0. The predicted octanol–water partition coefficient (Wildman–Crippen LogP) is 4.65. The van der Waals surface area contributed by atoms with E-state index >= 15 is 0 Å². The van der Waals surface area contributed by atoms with E-state index in [9.17, 15) is 0 Å². The maximum Gasteiger partial charge on any atom is 0.0227 e. The van der Waals surface area contributed by atoms with Crippen LogP contribution in [0.15, 0.2) is 47.6 Å². The number of hydrogen-bond donors (Lipinski definition) is 1. The zero-order chi connectivity index (χ0) is 14.0. The molecule has 1 nitrogen and oxygen atoms in total. The predicted molar refractivity (Wildman–Crippen MR) is 83.8 cm³/mol. The van der Waals surface area contributed by atoms with Crippen LogP contribution in [0, 0.1) is 5.92 Å². The second-order valence-electron chi connectivity index (χ2n) is 5.16. The molecule has 0 bridgehead atoms. The molecule has 0 heterocycles. The van der Waals surface area contributed by atoms with Crippen LogP contribution < -0.4 is 5.32 Å². The largest absolute Gasteiger partial charge is 0.307 e. The maximum atomic E-state index is 3.48. The van der Waals surface area contributed by atoms with Crippen LogP contribution in [0.25, 0.3) is 0 Å². The Morgan fingerprint density at radius 1 is 1.06 bits per heavy atom. The van der Waals surface area contributed by atoms with Crippen LogP contribution >= 0.6 is 0 Å². The molecule has 18 heavy (non-hydrogen) atoms. The van der Waals surface area contributed by atoms with E-state index < -0.39 is 0 Å². The van der Waals surface area contributed by atoms with Crippen molar-refractivity contribution < 1.29 is 0 Å². The minimum atomic E-state index is 0.398. The highest BCUT2D eigenvalue weighted by atomic mass is 14.9. The molecule has 0 aliphatic heterocycles. The normalized spacial score (nSPS) is 16.2. The SMILES string of the molecule is C/C=C/C=C(/C)CNC(C)/C=C/C=C(\C)C(C)C. The van der Waals surface area contributed by atoms with Crippen molar-refractivity contribution in [2.45, 2.75) is 47.6 Å². The van der Waals surface area contributed by atoms with E-state index in [2.05, 4.69) is 70.3 Å². The molecule has 0 rings (SSSR count). The van der Waals surface area contributed by atoms with E-state index in [-0.39, 0.29) is 0 Å². The average Bonchev–Trinajstić information content (AvgIpc) is 2.33. The van der Waals surface area contributed by atoms with E-state index in [1.807, 2.05) is 13.0 Å². The lowest BCUT2D eigenvalue weighted by molar-refractivity contribution is 0.671. The van der Waals surface area contributed by atoms with E-state index in [0.717, 1.165) is 6.54 Å². The van der Waals surface area contributed by atoms with E-state index in [1.165, 1.54) is 11.1 Å². The van der Waals surface area contributed by atoms with Gasteiger partial charge in [0, 0.05) is 12.6 Å². The molecule has 0 spiro atoms. The Balaban J connectivity index is 4.09. The van der Waals surface area contributed by atoms with Gasteiger partial charge >= 0.3 is 0 Å². The second kappa shape index (κ2) is 9.90. The van der Waals surface area contributed by atoms with Gasteiger partial charge in [0.05, 0.1) is 0 Å². The summed E-state index contributed by atoms with van der Waals surface area (Å²) in [6.07, 6.45) is 12.8. The smallest absolute Gasteiger partial charge is 0.0227 e. The molecule has 1 unspecified atom stereocenters. The summed E-state index contributed by atoms with van der Waals surface area (Å²) in [6, 6.07) is 0.398. The third kappa shape index (κ3) is 9.00. The summed E-state index contributed by atoms with van der Waals surface area (Å²) in [6.45, 7) is 13.9. The van der Waals surface area contributed by atoms with Gasteiger partial charge in [-0.2, -0.15) is 0 Å². The first-order valence-electron chi connectivity index (χ1n) is 6.84. The Morgan fingerprint density at radius 3 is 2.28 bits per heavy atom. The molecule has 1 heteroatoms. The summed E-state index contributed by atoms with van der Waals surface area (Å²) in [4.78, 5) is 0. The molecular weight excluding hydrogens is 218 g/mol. The van der Waals surface area contributed by atoms with Crippen LogP contribution in [0.1, 0.15) is 41.5 Å². The summed E-state index contributed by atoms with van der Waals surface area (Å²) >= 11 is 0. The Morgan fingerprint density at radius 2 is 1.72 bits per heavy atom. The van der Waals surface area contributed by atoms with Crippen molar-refractivity contribution in [2.75, 3.05) is 6.54 Å². The van der Waals surface area contributed by atoms with Gasteiger partial charge in [-0.15, -0.1) is 0 Å². The molecule has 0 aliphatic carbocycles. The van der Waals surface area contributed by atoms with Crippen molar-refractivity contribution in [1.29, 1.82) is 0 Å². The van der Waals surface area contributed by atoms with Gasteiger partial charge in [-0.3, -0.25) is 0 Å². The first kappa shape index (κ1) is 16.9. The lowest BCUT2D eigenvalue weighted by Crippen LogP contribution is -2.25. The quantitative estimate of drug-likeness (QED) is 0.646. The van der Waals surface area contributed by atoms with Crippen LogP contribution in [0.5, 0.6) is 0 Å². The molecular formula is C17H29N. The zero-order valence-electron chi connectivity index (χ0n) is 12.8. The Bertz CT molecular complexity index is 330. The summed E-state index contributed by atoms with van der Waals surface area (Å²) in [5.74, 6) is 0.629. The highest BCUT2D eigenvalue weighted by Crippen LogP contribution is 2.07. The lowest BCUT2D eigenvalue weighted by atomic mass is 10.1. The molecule has 0 radical (unpaired) electrons. The number of allylic oxidation sites excluding steroid dienone is 6. The highest BCUT2D eigenvalue weighted by molar-refractivity contribution is 5.14. The lowest BCUT2D eigenvalue weighted by Gasteiger charge is -2.09. The summed E-state index contributed by atoms with van der Waals surface area (Å²) < 4.78 is 0. The van der Waals surface area contributed by atoms with Crippen molar-refractivity contribution in [3.63, 3.8) is 0 Å². The standard InChI is InChI=1S/C17H29N/c1-7-8-10-15(4)13-18-17(6)12-9-11-16(5)14(2)3/h7-12,14,17-18H,13H2,1-6H3/b8-7+,12-9+,15-10-,16-11+. The van der Waals surface area contributed by atoms with Crippen LogP contribution in [0.3, 0.4) is 0 Å². The van der Waals surface area contributed by atoms with Gasteiger partial charge in [-0.25, -0.2) is 0 Å². The van der Waals surface area contributed by atoms with Crippen molar-refractivity contribution in [1.82, 2.24) is 5.32 Å². The van der Waals surface area contributed by atoms with Crippen molar-refractivity contribution in [3.8, 4) is 0 Å². The van der Waals surface area contributed by atoms with Gasteiger partial charge < -0.3 is 5.32 Å². The van der Waals surface area contributed by atoms with Gasteiger partial charge in [0.25, 0.3) is 0 Å². The molecule has 0 saturated heterocycles. The average molecular weight is 247 g/mol. The first-order valence-corrected chi connectivity index (χ1v) is 6.84. The number of rotatable bonds is 7. The van der Waals surface area contributed by atoms with Crippen molar-refractivity contribution in [2.24, 2.45) is 5.92 Å². The van der Waals surface area contributed by atoms with Gasteiger partial charge in [0.2, 0.25) is 0 Å².